The molecule has 1 aliphatic heterocycles. The molecule has 2 heterocycles. The Morgan fingerprint density at radius 1 is 1.32 bits per heavy atom. The fraction of sp³-hybridized carbons (Fsp3) is 0.556. The normalized spacial score (nSPS) is 19.6. The van der Waals surface area contributed by atoms with Crippen LogP contribution in [0.25, 0.3) is 10.9 Å². The van der Waals surface area contributed by atoms with E-state index in [1.165, 1.54) is 31.4 Å². The fourth-order valence-corrected chi connectivity index (χ4v) is 3.38. The van der Waals surface area contributed by atoms with Crippen LogP contribution >= 0.6 is 0 Å². The molecule has 1 aromatic heterocycles. The van der Waals surface area contributed by atoms with E-state index in [0.717, 1.165) is 30.3 Å². The van der Waals surface area contributed by atoms with E-state index in [4.69, 9.17) is 0 Å². The highest BCUT2D eigenvalue weighted by molar-refractivity contribution is 5.78. The van der Waals surface area contributed by atoms with Crippen LogP contribution in [0.5, 0.6) is 0 Å². The van der Waals surface area contributed by atoms with Crippen molar-refractivity contribution in [3.05, 3.63) is 40.4 Å². The van der Waals surface area contributed by atoms with Gasteiger partial charge in [-0.2, -0.15) is 0 Å². The van der Waals surface area contributed by atoms with Crippen LogP contribution < -0.4 is 5.56 Å². The van der Waals surface area contributed by atoms with Crippen molar-refractivity contribution in [1.82, 2.24) is 14.5 Å². The van der Waals surface area contributed by atoms with Crippen LogP contribution in [0.2, 0.25) is 0 Å². The summed E-state index contributed by atoms with van der Waals surface area (Å²) in [6, 6.07) is 6.59. The Labute approximate surface area is 131 Å². The van der Waals surface area contributed by atoms with Gasteiger partial charge in [0.25, 0.3) is 5.56 Å². The van der Waals surface area contributed by atoms with Crippen LogP contribution in [0.4, 0.5) is 0 Å². The maximum Gasteiger partial charge on any atom is 0.261 e. The highest BCUT2D eigenvalue weighted by Crippen LogP contribution is 2.18. The van der Waals surface area contributed by atoms with Gasteiger partial charge in [-0.3, -0.25) is 9.36 Å². The maximum atomic E-state index is 12.7. The van der Waals surface area contributed by atoms with E-state index in [9.17, 15) is 4.79 Å². The number of benzene rings is 1. The van der Waals surface area contributed by atoms with Gasteiger partial charge >= 0.3 is 0 Å². The van der Waals surface area contributed by atoms with Gasteiger partial charge in [0.15, 0.2) is 0 Å². The summed E-state index contributed by atoms with van der Waals surface area (Å²) in [5.41, 5.74) is 2.09. The van der Waals surface area contributed by atoms with Gasteiger partial charge in [-0.05, 0) is 57.0 Å². The van der Waals surface area contributed by atoms with Gasteiger partial charge in [0.2, 0.25) is 0 Å². The minimum atomic E-state index is 0.0961. The quantitative estimate of drug-likeness (QED) is 0.871. The molecule has 0 spiro atoms. The zero-order valence-corrected chi connectivity index (χ0v) is 13.6. The van der Waals surface area contributed by atoms with Gasteiger partial charge in [0.1, 0.15) is 0 Å². The lowest BCUT2D eigenvalue weighted by molar-refractivity contribution is 0.170. The fourth-order valence-electron chi connectivity index (χ4n) is 3.38. The molecule has 1 unspecified atom stereocenters. The monoisotopic (exact) mass is 299 g/mol. The van der Waals surface area contributed by atoms with E-state index in [2.05, 4.69) is 29.9 Å². The average Bonchev–Trinajstić information content (AvgIpc) is 2.55. The molecule has 0 radical (unpaired) electrons. The number of fused-ring (bicyclic) bond motifs is 1. The molecule has 0 amide bonds. The second kappa shape index (κ2) is 6.61. The van der Waals surface area contributed by atoms with E-state index in [1.807, 2.05) is 12.1 Å². The molecule has 1 aliphatic rings. The van der Waals surface area contributed by atoms with Crippen LogP contribution in [-0.2, 0) is 13.0 Å². The molecule has 118 valence electrons. The average molecular weight is 299 g/mol. The molecule has 2 aromatic rings. The minimum absolute atomic E-state index is 0.0961. The zero-order chi connectivity index (χ0) is 15.5. The Balaban J connectivity index is 1.81. The second-order valence-electron chi connectivity index (χ2n) is 6.37. The van der Waals surface area contributed by atoms with Crippen LogP contribution in [-0.4, -0.2) is 34.1 Å². The number of rotatable bonds is 4. The molecule has 1 atom stereocenters. The molecule has 0 N–H and O–H groups in total. The highest BCUT2D eigenvalue weighted by Gasteiger charge is 2.18. The molecule has 0 saturated carbocycles. The summed E-state index contributed by atoms with van der Waals surface area (Å²) in [4.78, 5) is 19.5. The SMILES string of the molecule is CCc1ccc2ncn(CCC3CCCCN3C)c(=O)c2c1. The molecule has 3 rings (SSSR count). The first-order valence-corrected chi connectivity index (χ1v) is 8.37. The molecule has 1 saturated heterocycles. The molecule has 0 aliphatic carbocycles. The lowest BCUT2D eigenvalue weighted by Gasteiger charge is -2.32. The molecule has 1 aromatic carbocycles. The smallest absolute Gasteiger partial charge is 0.261 e. The Morgan fingerprint density at radius 3 is 2.95 bits per heavy atom. The first kappa shape index (κ1) is 15.2. The van der Waals surface area contributed by atoms with E-state index in [1.54, 1.807) is 10.9 Å². The predicted molar refractivity (Wildman–Crippen MR) is 90.3 cm³/mol. The molecule has 4 nitrogen and oxygen atoms in total. The van der Waals surface area contributed by atoms with Crippen LogP contribution in [0.1, 0.15) is 38.2 Å². The number of aryl methyl sites for hydroxylation is 2. The third-order valence-corrected chi connectivity index (χ3v) is 4.92. The van der Waals surface area contributed by atoms with Crippen molar-refractivity contribution in [2.75, 3.05) is 13.6 Å². The number of hydrogen-bond acceptors (Lipinski definition) is 3. The van der Waals surface area contributed by atoms with Gasteiger partial charge < -0.3 is 4.90 Å². The molecular weight excluding hydrogens is 274 g/mol. The summed E-state index contributed by atoms with van der Waals surface area (Å²) in [5.74, 6) is 0. The second-order valence-corrected chi connectivity index (χ2v) is 6.37. The van der Waals surface area contributed by atoms with Gasteiger partial charge in [-0.25, -0.2) is 4.98 Å². The van der Waals surface area contributed by atoms with Crippen molar-refractivity contribution in [2.45, 2.75) is 51.6 Å². The van der Waals surface area contributed by atoms with E-state index < -0.39 is 0 Å². The highest BCUT2D eigenvalue weighted by atomic mass is 16.1. The summed E-state index contributed by atoms with van der Waals surface area (Å²) < 4.78 is 1.78. The third-order valence-electron chi connectivity index (χ3n) is 4.92. The number of piperidine rings is 1. The minimum Gasteiger partial charge on any atom is -0.303 e. The van der Waals surface area contributed by atoms with Crippen LogP contribution in [0, 0.1) is 0 Å². The summed E-state index contributed by atoms with van der Waals surface area (Å²) >= 11 is 0. The van der Waals surface area contributed by atoms with Crippen LogP contribution in [0.15, 0.2) is 29.3 Å². The molecule has 1 fully saturated rings. The molecule has 0 bridgehead atoms. The van der Waals surface area contributed by atoms with Gasteiger partial charge in [-0.15, -0.1) is 0 Å². The van der Waals surface area contributed by atoms with Gasteiger partial charge in [-0.1, -0.05) is 19.4 Å². The lowest BCUT2D eigenvalue weighted by atomic mass is 10.0. The molecular formula is C18H25N3O. The Bertz CT molecular complexity index is 707. The van der Waals surface area contributed by atoms with E-state index >= 15 is 0 Å². The lowest BCUT2D eigenvalue weighted by Crippen LogP contribution is -2.37. The summed E-state index contributed by atoms with van der Waals surface area (Å²) in [5, 5.41) is 0.749. The predicted octanol–water partition coefficient (Wildman–Crippen LogP) is 2.83. The Kier molecular flexibility index (Phi) is 4.57. The third kappa shape index (κ3) is 3.07. The number of aromatic nitrogens is 2. The maximum absolute atomic E-state index is 12.7. The molecule has 4 heteroatoms. The van der Waals surface area contributed by atoms with Crippen molar-refractivity contribution in [3.63, 3.8) is 0 Å². The Hall–Kier alpha value is -1.68. The van der Waals surface area contributed by atoms with Crippen molar-refractivity contribution in [3.8, 4) is 0 Å². The van der Waals surface area contributed by atoms with Crippen LogP contribution in [0.3, 0.4) is 0 Å². The van der Waals surface area contributed by atoms with Gasteiger partial charge in [0.05, 0.1) is 17.2 Å². The van der Waals surface area contributed by atoms with Gasteiger partial charge in [0, 0.05) is 12.6 Å². The number of hydrogen-bond donors (Lipinski definition) is 0. The standard InChI is InChI=1S/C18H25N3O/c1-3-14-7-8-17-16(12-14)18(22)21(13-19-17)11-9-15-6-4-5-10-20(15)2/h7-8,12-13,15H,3-6,9-11H2,1-2H3. The first-order valence-electron chi connectivity index (χ1n) is 8.37. The van der Waals surface area contributed by atoms with E-state index in [0.29, 0.717) is 6.04 Å². The first-order chi connectivity index (χ1) is 10.7. The number of likely N-dealkylation sites (tertiary alicyclic amines) is 1. The van der Waals surface area contributed by atoms with Crippen molar-refractivity contribution in [2.24, 2.45) is 0 Å². The number of nitrogens with zero attached hydrogens (tertiary/aromatic N) is 3. The Morgan fingerprint density at radius 2 is 2.18 bits per heavy atom. The summed E-state index contributed by atoms with van der Waals surface area (Å²) in [7, 11) is 2.19. The van der Waals surface area contributed by atoms with Crippen molar-refractivity contribution in [1.29, 1.82) is 0 Å². The molecule has 22 heavy (non-hydrogen) atoms. The topological polar surface area (TPSA) is 38.1 Å². The summed E-state index contributed by atoms with van der Waals surface area (Å²) in [6.45, 7) is 4.04. The van der Waals surface area contributed by atoms with Crippen molar-refractivity contribution < 1.29 is 0 Å². The summed E-state index contributed by atoms with van der Waals surface area (Å²) in [6.07, 6.45) is 7.52. The van der Waals surface area contributed by atoms with Crippen molar-refractivity contribution >= 4 is 10.9 Å². The zero-order valence-electron chi connectivity index (χ0n) is 13.6. The van der Waals surface area contributed by atoms with E-state index in [-0.39, 0.29) is 5.56 Å². The largest absolute Gasteiger partial charge is 0.303 e.